The van der Waals surface area contributed by atoms with Crippen molar-refractivity contribution >= 4 is 17.6 Å². The van der Waals surface area contributed by atoms with Gasteiger partial charge in [0.05, 0.1) is 17.7 Å². The molecular weight excluding hydrogens is 497 g/mol. The summed E-state index contributed by atoms with van der Waals surface area (Å²) in [6.07, 6.45) is -3.13. The summed E-state index contributed by atoms with van der Waals surface area (Å²) < 4.78 is 51.6. The van der Waals surface area contributed by atoms with Gasteiger partial charge in [-0.3, -0.25) is 9.69 Å². The molecule has 1 saturated heterocycles. The largest absolute Gasteiger partial charge is 0.494 e. The lowest BCUT2D eigenvalue weighted by Gasteiger charge is -2.40. The molecule has 4 rings (SSSR count). The standard InChI is InChI=1S/C29H29F3N2O4/c1-5-14-38-18(4)25-26(20-12-10-19(11-13-20)23-16-33-23)24(28(36)37-6-2)17(3)34(27(25)35)22-9-7-8-21(15-22)29(30,31)32/h5,7-13,15,23,25-26,33H,1,4,6,14,16H2,2-3H3. The number of nitrogens with one attached hydrogen (secondary N) is 1. The molecule has 0 aliphatic carbocycles. The number of ether oxygens (including phenoxy) is 2. The second-order valence-electron chi connectivity index (χ2n) is 9.09. The Morgan fingerprint density at radius 3 is 2.39 bits per heavy atom. The van der Waals surface area contributed by atoms with Gasteiger partial charge >= 0.3 is 12.1 Å². The molecule has 2 aliphatic rings. The van der Waals surface area contributed by atoms with Crippen LogP contribution in [0.1, 0.15) is 42.5 Å². The number of hydrogen-bond acceptors (Lipinski definition) is 5. The highest BCUT2D eigenvalue weighted by Gasteiger charge is 2.47. The zero-order chi connectivity index (χ0) is 27.6. The molecule has 9 heteroatoms. The van der Waals surface area contributed by atoms with Gasteiger partial charge in [0.2, 0.25) is 5.91 Å². The number of amides is 1. The zero-order valence-electron chi connectivity index (χ0n) is 21.2. The molecule has 0 bridgehead atoms. The summed E-state index contributed by atoms with van der Waals surface area (Å²) in [5, 5.41) is 3.23. The third-order valence-corrected chi connectivity index (χ3v) is 6.62. The Balaban J connectivity index is 1.91. The van der Waals surface area contributed by atoms with Crippen LogP contribution in [0.2, 0.25) is 0 Å². The Morgan fingerprint density at radius 2 is 1.82 bits per heavy atom. The summed E-state index contributed by atoms with van der Waals surface area (Å²) in [6.45, 7) is 11.8. The van der Waals surface area contributed by atoms with Crippen LogP contribution < -0.4 is 10.2 Å². The van der Waals surface area contributed by atoms with Crippen molar-refractivity contribution in [3.05, 3.63) is 101 Å². The average molecular weight is 527 g/mol. The van der Waals surface area contributed by atoms with Crippen LogP contribution in [0.15, 0.2) is 84.8 Å². The maximum absolute atomic E-state index is 14.1. The number of benzene rings is 2. The van der Waals surface area contributed by atoms with Gasteiger partial charge in [-0.25, -0.2) is 4.79 Å². The van der Waals surface area contributed by atoms with Gasteiger partial charge in [-0.2, -0.15) is 13.2 Å². The predicted octanol–water partition coefficient (Wildman–Crippen LogP) is 5.65. The number of alkyl halides is 3. The van der Waals surface area contributed by atoms with Crippen molar-refractivity contribution in [2.45, 2.75) is 32.0 Å². The van der Waals surface area contributed by atoms with Crippen LogP contribution in [0.3, 0.4) is 0 Å². The first-order chi connectivity index (χ1) is 18.1. The summed E-state index contributed by atoms with van der Waals surface area (Å²) in [7, 11) is 0. The quantitative estimate of drug-likeness (QED) is 0.198. The summed E-state index contributed by atoms with van der Waals surface area (Å²) in [6, 6.07) is 12.2. The van der Waals surface area contributed by atoms with E-state index in [1.165, 1.54) is 25.1 Å². The van der Waals surface area contributed by atoms with Crippen LogP contribution in [-0.4, -0.2) is 31.6 Å². The Labute approximate surface area is 219 Å². The molecule has 0 spiro atoms. The van der Waals surface area contributed by atoms with Crippen molar-refractivity contribution < 1.29 is 32.2 Å². The smallest absolute Gasteiger partial charge is 0.416 e. The van der Waals surface area contributed by atoms with E-state index in [9.17, 15) is 22.8 Å². The van der Waals surface area contributed by atoms with Gasteiger partial charge in [-0.1, -0.05) is 49.6 Å². The summed E-state index contributed by atoms with van der Waals surface area (Å²) >= 11 is 0. The topological polar surface area (TPSA) is 77.8 Å². The number of carbonyl (C=O) groups excluding carboxylic acids is 2. The minimum atomic E-state index is -4.62. The minimum absolute atomic E-state index is 0.0285. The van der Waals surface area contributed by atoms with Crippen molar-refractivity contribution in [2.75, 3.05) is 24.7 Å². The third-order valence-electron chi connectivity index (χ3n) is 6.62. The van der Waals surface area contributed by atoms with Crippen LogP contribution in [0, 0.1) is 5.92 Å². The highest BCUT2D eigenvalue weighted by Crippen LogP contribution is 2.46. The number of anilines is 1. The van der Waals surface area contributed by atoms with Crippen molar-refractivity contribution in [3.63, 3.8) is 0 Å². The molecule has 2 aromatic rings. The van der Waals surface area contributed by atoms with E-state index in [-0.39, 0.29) is 42.0 Å². The molecule has 3 atom stereocenters. The molecule has 0 aromatic heterocycles. The molecule has 38 heavy (non-hydrogen) atoms. The summed E-state index contributed by atoms with van der Waals surface area (Å²) in [5.74, 6) is -3.12. The van der Waals surface area contributed by atoms with Gasteiger partial charge in [-0.15, -0.1) is 0 Å². The van der Waals surface area contributed by atoms with Crippen LogP contribution in [-0.2, 0) is 25.2 Å². The number of rotatable bonds is 9. The van der Waals surface area contributed by atoms with Crippen molar-refractivity contribution in [1.82, 2.24) is 5.32 Å². The number of carbonyl (C=O) groups is 2. The Kier molecular flexibility index (Phi) is 7.78. The van der Waals surface area contributed by atoms with E-state index >= 15 is 0 Å². The zero-order valence-corrected chi connectivity index (χ0v) is 21.2. The van der Waals surface area contributed by atoms with E-state index in [2.05, 4.69) is 18.5 Å². The van der Waals surface area contributed by atoms with Gasteiger partial charge in [-0.05, 0) is 43.2 Å². The Morgan fingerprint density at radius 1 is 1.16 bits per heavy atom. The monoisotopic (exact) mass is 526 g/mol. The summed E-state index contributed by atoms with van der Waals surface area (Å²) in [4.78, 5) is 28.6. The fraction of sp³-hybridized carbons (Fsp3) is 0.310. The van der Waals surface area contributed by atoms with E-state index in [1.807, 2.05) is 24.3 Å². The maximum Gasteiger partial charge on any atom is 0.416 e. The molecule has 1 N–H and O–H groups in total. The van der Waals surface area contributed by atoms with Crippen LogP contribution in [0.4, 0.5) is 18.9 Å². The van der Waals surface area contributed by atoms with Gasteiger partial charge in [0, 0.05) is 29.9 Å². The van der Waals surface area contributed by atoms with Crippen LogP contribution in [0.25, 0.3) is 0 Å². The lowest BCUT2D eigenvalue weighted by molar-refractivity contribution is -0.140. The van der Waals surface area contributed by atoms with Crippen LogP contribution in [0.5, 0.6) is 0 Å². The second-order valence-corrected chi connectivity index (χ2v) is 9.09. The first-order valence-electron chi connectivity index (χ1n) is 12.2. The minimum Gasteiger partial charge on any atom is -0.494 e. The molecule has 3 unspecified atom stereocenters. The number of esters is 1. The summed E-state index contributed by atoms with van der Waals surface area (Å²) in [5.41, 5.74) is 1.10. The Bertz CT molecular complexity index is 1280. The fourth-order valence-electron chi connectivity index (χ4n) is 4.75. The number of allylic oxidation sites excluding steroid dienone is 1. The van der Waals surface area contributed by atoms with Gasteiger partial charge in [0.15, 0.2) is 0 Å². The molecular formula is C29H29F3N2O4. The SMILES string of the molecule is C=CCOC(=C)C1C(=O)N(c2cccc(C(F)(F)F)c2)C(C)=C(C(=O)OCC)C1c1ccc(C2CN2)cc1. The van der Waals surface area contributed by atoms with E-state index in [1.54, 1.807) is 6.92 Å². The first kappa shape index (κ1) is 27.2. The number of hydrogen-bond donors (Lipinski definition) is 1. The molecule has 200 valence electrons. The van der Waals surface area contributed by atoms with Gasteiger partial charge < -0.3 is 14.8 Å². The molecule has 2 heterocycles. The average Bonchev–Trinajstić information content (AvgIpc) is 3.72. The van der Waals surface area contributed by atoms with Crippen molar-refractivity contribution in [3.8, 4) is 0 Å². The van der Waals surface area contributed by atoms with E-state index in [4.69, 9.17) is 9.47 Å². The predicted molar refractivity (Wildman–Crippen MR) is 137 cm³/mol. The fourth-order valence-corrected chi connectivity index (χ4v) is 4.75. The Hall–Kier alpha value is -3.85. The molecule has 0 saturated carbocycles. The molecule has 0 radical (unpaired) electrons. The lowest BCUT2D eigenvalue weighted by Crippen LogP contribution is -2.46. The maximum atomic E-state index is 14.1. The van der Waals surface area contributed by atoms with E-state index in [0.29, 0.717) is 5.56 Å². The molecule has 2 aromatic carbocycles. The number of nitrogens with zero attached hydrogens (tertiary/aromatic N) is 1. The highest BCUT2D eigenvalue weighted by atomic mass is 19.4. The van der Waals surface area contributed by atoms with Gasteiger partial charge in [0.1, 0.15) is 18.3 Å². The van der Waals surface area contributed by atoms with Crippen molar-refractivity contribution in [1.29, 1.82) is 0 Å². The molecule has 1 fully saturated rings. The molecule has 6 nitrogen and oxygen atoms in total. The van der Waals surface area contributed by atoms with E-state index in [0.717, 1.165) is 29.1 Å². The normalized spacial score (nSPS) is 21.2. The second kappa shape index (κ2) is 10.9. The molecule has 1 amide bonds. The lowest BCUT2D eigenvalue weighted by atomic mass is 9.75. The highest BCUT2D eigenvalue weighted by molar-refractivity contribution is 6.06. The third kappa shape index (κ3) is 5.38. The van der Waals surface area contributed by atoms with E-state index < -0.39 is 35.5 Å². The first-order valence-corrected chi connectivity index (χ1v) is 12.2. The molecule has 2 aliphatic heterocycles. The van der Waals surface area contributed by atoms with Gasteiger partial charge in [0.25, 0.3) is 0 Å². The van der Waals surface area contributed by atoms with Crippen LogP contribution >= 0.6 is 0 Å². The van der Waals surface area contributed by atoms with Crippen molar-refractivity contribution in [2.24, 2.45) is 5.92 Å². The number of halogens is 3.